The minimum absolute atomic E-state index is 1.14. The highest BCUT2D eigenvalue weighted by molar-refractivity contribution is 5.52. The first-order chi connectivity index (χ1) is 17.4. The molecule has 2 rings (SSSR count). The van der Waals surface area contributed by atoms with Crippen LogP contribution in [0.4, 0.5) is 0 Å². The Morgan fingerprint density at radius 3 is 1.51 bits per heavy atom. The summed E-state index contributed by atoms with van der Waals surface area (Å²) >= 11 is 0. The Morgan fingerprint density at radius 2 is 1.00 bits per heavy atom. The Bertz CT molecular complexity index is 718. The number of hydrogen-bond donors (Lipinski definition) is 0. The van der Waals surface area contributed by atoms with Gasteiger partial charge < -0.3 is 0 Å². The van der Waals surface area contributed by atoms with Crippen LogP contribution in [0.2, 0.25) is 0 Å². The van der Waals surface area contributed by atoms with Crippen LogP contribution < -0.4 is 4.57 Å². The van der Waals surface area contributed by atoms with Crippen LogP contribution in [0.25, 0.3) is 11.4 Å². The first-order valence-corrected chi connectivity index (χ1v) is 15.5. The Kier molecular flexibility index (Phi) is 17.5. The van der Waals surface area contributed by atoms with E-state index in [1.54, 1.807) is 0 Å². The monoisotopic (exact) mass is 481 g/mol. The molecule has 1 aromatic heterocycles. The van der Waals surface area contributed by atoms with Gasteiger partial charge in [0.2, 0.25) is 0 Å². The van der Waals surface area contributed by atoms with Crippen molar-refractivity contribution in [2.24, 2.45) is 0 Å². The molecule has 0 saturated heterocycles. The second kappa shape index (κ2) is 20.6. The van der Waals surface area contributed by atoms with E-state index in [1.165, 1.54) is 140 Å². The summed E-state index contributed by atoms with van der Waals surface area (Å²) in [6.07, 6.45) is 32.7. The van der Waals surface area contributed by atoms with Crippen molar-refractivity contribution < 1.29 is 4.57 Å². The van der Waals surface area contributed by atoms with Crippen molar-refractivity contribution >= 4 is 0 Å². The minimum atomic E-state index is 1.14. The van der Waals surface area contributed by atoms with E-state index >= 15 is 0 Å². The standard InChI is InChI=1S/C33H57N2/c1-3-5-7-9-11-12-13-14-15-16-18-20-25-29-35-31-30-34(28-24-19-17-10-8-6-4-2)33(35)32-26-22-21-23-27-32/h21-23,26-27,30-31H,3-20,24-25,28-29H2,1-2H3/q+1. The maximum Gasteiger partial charge on any atom is 0.288 e. The van der Waals surface area contributed by atoms with Crippen LogP contribution in [-0.4, -0.2) is 4.57 Å². The lowest BCUT2D eigenvalue weighted by atomic mass is 10.0. The average molecular weight is 482 g/mol. The molecule has 1 aromatic carbocycles. The van der Waals surface area contributed by atoms with Crippen LogP contribution in [0.15, 0.2) is 42.7 Å². The number of aromatic nitrogens is 2. The highest BCUT2D eigenvalue weighted by atomic mass is 15.1. The Morgan fingerprint density at radius 1 is 0.543 bits per heavy atom. The van der Waals surface area contributed by atoms with Crippen molar-refractivity contribution in [3.8, 4) is 11.4 Å². The summed E-state index contributed by atoms with van der Waals surface area (Å²) < 4.78 is 5.01. The zero-order chi connectivity index (χ0) is 24.8. The van der Waals surface area contributed by atoms with Crippen molar-refractivity contribution in [2.75, 3.05) is 0 Å². The highest BCUT2D eigenvalue weighted by Gasteiger charge is 2.18. The Balaban J connectivity index is 1.65. The topological polar surface area (TPSA) is 8.81 Å². The molecule has 2 heteroatoms. The molecule has 0 fully saturated rings. The number of aryl methyl sites for hydroxylation is 2. The van der Waals surface area contributed by atoms with Gasteiger partial charge in [0, 0.05) is 0 Å². The predicted molar refractivity (Wildman–Crippen MR) is 154 cm³/mol. The number of nitrogens with zero attached hydrogens (tertiary/aromatic N) is 2. The minimum Gasteiger partial charge on any atom is -0.230 e. The van der Waals surface area contributed by atoms with Gasteiger partial charge in [-0.05, 0) is 37.8 Å². The largest absolute Gasteiger partial charge is 0.288 e. The molecule has 0 spiro atoms. The van der Waals surface area contributed by atoms with Crippen molar-refractivity contribution in [3.63, 3.8) is 0 Å². The summed E-state index contributed by atoms with van der Waals surface area (Å²) in [7, 11) is 0. The molecule has 0 unspecified atom stereocenters. The molecule has 0 aliphatic heterocycles. The van der Waals surface area contributed by atoms with Crippen molar-refractivity contribution in [3.05, 3.63) is 42.7 Å². The van der Waals surface area contributed by atoms with Crippen molar-refractivity contribution in [1.29, 1.82) is 0 Å². The summed E-state index contributed by atoms with van der Waals surface area (Å²) in [5.74, 6) is 1.40. The van der Waals surface area contributed by atoms with Crippen LogP contribution >= 0.6 is 0 Å². The molecule has 198 valence electrons. The summed E-state index contributed by atoms with van der Waals surface area (Å²) in [5.41, 5.74) is 1.36. The summed E-state index contributed by atoms with van der Waals surface area (Å²) in [6, 6.07) is 11.0. The molecule has 0 bridgehead atoms. The predicted octanol–water partition coefficient (Wildman–Crippen LogP) is 10.3. The molecular formula is C33H57N2+. The van der Waals surface area contributed by atoms with E-state index in [0.29, 0.717) is 0 Å². The number of imidazole rings is 1. The molecular weight excluding hydrogens is 424 g/mol. The van der Waals surface area contributed by atoms with E-state index in [4.69, 9.17) is 0 Å². The fraction of sp³-hybridized carbons (Fsp3) is 0.727. The third-order valence-corrected chi connectivity index (χ3v) is 7.51. The SMILES string of the molecule is CCCCCCCCCCCCCCCn1cc[n+](CCCCCCCCC)c1-c1ccccc1. The van der Waals surface area contributed by atoms with E-state index < -0.39 is 0 Å². The third kappa shape index (κ3) is 13.3. The van der Waals surface area contributed by atoms with E-state index in [-0.39, 0.29) is 0 Å². The van der Waals surface area contributed by atoms with Gasteiger partial charge in [-0.3, -0.25) is 0 Å². The van der Waals surface area contributed by atoms with Crippen LogP contribution in [-0.2, 0) is 13.1 Å². The molecule has 2 aromatic rings. The molecule has 0 atom stereocenters. The maximum atomic E-state index is 2.51. The van der Waals surface area contributed by atoms with Crippen LogP contribution in [0.5, 0.6) is 0 Å². The molecule has 0 N–H and O–H groups in total. The zero-order valence-electron chi connectivity index (χ0n) is 23.5. The van der Waals surface area contributed by atoms with E-state index in [2.05, 4.69) is 65.7 Å². The number of rotatable bonds is 23. The first kappa shape index (κ1) is 29.7. The number of benzene rings is 1. The Labute approximate surface area is 218 Å². The molecule has 0 aliphatic rings. The maximum absolute atomic E-state index is 2.51. The Hall–Kier alpha value is -1.57. The van der Waals surface area contributed by atoms with Crippen molar-refractivity contribution in [2.45, 2.75) is 155 Å². The molecule has 0 aliphatic carbocycles. The van der Waals surface area contributed by atoms with Gasteiger partial charge in [-0.25, -0.2) is 9.13 Å². The molecule has 0 saturated carbocycles. The third-order valence-electron chi connectivity index (χ3n) is 7.51. The van der Waals surface area contributed by atoms with Crippen LogP contribution in [0, 0.1) is 0 Å². The molecule has 0 radical (unpaired) electrons. The van der Waals surface area contributed by atoms with Crippen LogP contribution in [0.1, 0.15) is 142 Å². The lowest BCUT2D eigenvalue weighted by Gasteiger charge is -2.07. The number of hydrogen-bond acceptors (Lipinski definition) is 0. The lowest BCUT2D eigenvalue weighted by molar-refractivity contribution is -0.686. The number of unbranched alkanes of at least 4 members (excludes halogenated alkanes) is 18. The van der Waals surface area contributed by atoms with Gasteiger partial charge in [0.25, 0.3) is 5.82 Å². The molecule has 2 nitrogen and oxygen atoms in total. The van der Waals surface area contributed by atoms with E-state index in [9.17, 15) is 0 Å². The fourth-order valence-corrected chi connectivity index (χ4v) is 5.29. The summed E-state index contributed by atoms with van der Waals surface area (Å²) in [5, 5.41) is 0. The van der Waals surface area contributed by atoms with Gasteiger partial charge in [0.1, 0.15) is 12.4 Å². The fourth-order valence-electron chi connectivity index (χ4n) is 5.29. The first-order valence-electron chi connectivity index (χ1n) is 15.5. The second-order valence-corrected chi connectivity index (χ2v) is 10.7. The van der Waals surface area contributed by atoms with Gasteiger partial charge in [-0.2, -0.15) is 0 Å². The van der Waals surface area contributed by atoms with Crippen molar-refractivity contribution in [1.82, 2.24) is 4.57 Å². The normalized spacial score (nSPS) is 11.4. The van der Waals surface area contributed by atoms with E-state index in [1.807, 2.05) is 0 Å². The molecule has 1 heterocycles. The van der Waals surface area contributed by atoms with Crippen LogP contribution in [0.3, 0.4) is 0 Å². The van der Waals surface area contributed by atoms with E-state index in [0.717, 1.165) is 13.1 Å². The summed E-state index contributed by atoms with van der Waals surface area (Å²) in [6.45, 7) is 6.88. The van der Waals surface area contributed by atoms with Gasteiger partial charge in [0.05, 0.1) is 18.7 Å². The zero-order valence-corrected chi connectivity index (χ0v) is 23.5. The summed E-state index contributed by atoms with van der Waals surface area (Å²) in [4.78, 5) is 0. The molecule has 35 heavy (non-hydrogen) atoms. The van der Waals surface area contributed by atoms with Gasteiger partial charge in [-0.15, -0.1) is 0 Å². The van der Waals surface area contributed by atoms with Gasteiger partial charge in [-0.1, -0.05) is 135 Å². The smallest absolute Gasteiger partial charge is 0.230 e. The highest BCUT2D eigenvalue weighted by Crippen LogP contribution is 2.18. The quantitative estimate of drug-likeness (QED) is 0.110. The second-order valence-electron chi connectivity index (χ2n) is 10.7. The van der Waals surface area contributed by atoms with Gasteiger partial charge >= 0.3 is 0 Å². The average Bonchev–Trinajstić information content (AvgIpc) is 3.29. The lowest BCUT2D eigenvalue weighted by Crippen LogP contribution is -2.34. The molecule has 0 amide bonds. The van der Waals surface area contributed by atoms with Gasteiger partial charge in [0.15, 0.2) is 0 Å².